The van der Waals surface area contributed by atoms with Crippen LogP contribution in [0.2, 0.25) is 0 Å². The number of aromatic amines is 1. The molecule has 1 aliphatic rings. The number of hydrogen-bond donors (Lipinski definition) is 1. The largest absolute Gasteiger partial charge is 0.372 e. The molecule has 1 unspecified atom stereocenters. The summed E-state index contributed by atoms with van der Waals surface area (Å²) in [6.07, 6.45) is 1.70. The van der Waals surface area contributed by atoms with Crippen molar-refractivity contribution in [1.82, 2.24) is 4.98 Å². The lowest BCUT2D eigenvalue weighted by atomic mass is 10.00. The Morgan fingerprint density at radius 1 is 1.47 bits per heavy atom. The Hall–Kier alpha value is -1.28. The fraction of sp³-hybridized carbons (Fsp3) is 0.467. The normalized spacial score (nSPS) is 24.7. The number of para-hydroxylation sites is 1. The van der Waals surface area contributed by atoms with Crippen molar-refractivity contribution in [2.45, 2.75) is 39.2 Å². The van der Waals surface area contributed by atoms with Crippen LogP contribution in [0.4, 0.5) is 0 Å². The minimum atomic E-state index is -0.891. The molecule has 3 rings (SSSR count). The fourth-order valence-electron chi connectivity index (χ4n) is 2.75. The Labute approximate surface area is 103 Å². The zero-order valence-electron chi connectivity index (χ0n) is 11.5. The van der Waals surface area contributed by atoms with Crippen molar-refractivity contribution in [3.05, 3.63) is 35.0 Å². The van der Waals surface area contributed by atoms with E-state index in [-0.39, 0.29) is 0 Å². The van der Waals surface area contributed by atoms with Gasteiger partial charge in [-0.2, -0.15) is 0 Å². The average Bonchev–Trinajstić information content (AvgIpc) is 2.79. The number of aryl methyl sites for hydroxylation is 1. The molecule has 1 N–H and O–H groups in total. The van der Waals surface area contributed by atoms with Crippen LogP contribution in [-0.2, 0) is 17.6 Å². The third-order valence-electron chi connectivity index (χ3n) is 3.64. The summed E-state index contributed by atoms with van der Waals surface area (Å²) in [6, 6.07) is 6.43. The van der Waals surface area contributed by atoms with Crippen molar-refractivity contribution < 1.29 is 6.11 Å². The van der Waals surface area contributed by atoms with Gasteiger partial charge in [0, 0.05) is 16.6 Å². The van der Waals surface area contributed by atoms with Gasteiger partial charge in [0.15, 0.2) is 0 Å². The molecule has 2 heterocycles. The van der Waals surface area contributed by atoms with E-state index in [1.807, 2.05) is 6.92 Å². The number of rotatable bonds is 2. The molecule has 0 saturated heterocycles. The van der Waals surface area contributed by atoms with Crippen molar-refractivity contribution in [1.29, 1.82) is 0 Å². The Kier molecular flexibility index (Phi) is 2.39. The van der Waals surface area contributed by atoms with Gasteiger partial charge in [-0.05, 0) is 30.4 Å². The molecule has 1 aliphatic heterocycles. The summed E-state index contributed by atoms with van der Waals surface area (Å²) in [6.45, 7) is 4.82. The van der Waals surface area contributed by atoms with E-state index in [0.717, 1.165) is 18.5 Å². The first-order valence-electron chi connectivity index (χ1n) is 6.96. The van der Waals surface area contributed by atoms with Crippen LogP contribution < -0.4 is 0 Å². The molecular formula is C15H19NO. The van der Waals surface area contributed by atoms with Gasteiger partial charge >= 0.3 is 0 Å². The summed E-state index contributed by atoms with van der Waals surface area (Å²) >= 11 is 0. The molecule has 1 aromatic heterocycles. The van der Waals surface area contributed by atoms with E-state index < -0.39 is 6.08 Å². The van der Waals surface area contributed by atoms with Gasteiger partial charge in [-0.3, -0.25) is 0 Å². The maximum absolute atomic E-state index is 8.46. The minimum absolute atomic E-state index is 0.646. The maximum atomic E-state index is 8.46. The molecule has 1 aromatic carbocycles. The monoisotopic (exact) mass is 230 g/mol. The predicted octanol–water partition coefficient (Wildman–Crippen LogP) is 3.75. The molecule has 0 fully saturated rings. The predicted molar refractivity (Wildman–Crippen MR) is 70.4 cm³/mol. The van der Waals surface area contributed by atoms with Gasteiger partial charge in [0.25, 0.3) is 0 Å². The molecule has 2 nitrogen and oxygen atoms in total. The minimum Gasteiger partial charge on any atom is -0.372 e. The second-order valence-electron chi connectivity index (χ2n) is 4.55. The van der Waals surface area contributed by atoms with Crippen molar-refractivity contribution in [2.75, 3.05) is 6.61 Å². The van der Waals surface area contributed by atoms with Gasteiger partial charge in [-0.25, -0.2) is 0 Å². The van der Waals surface area contributed by atoms with Crippen LogP contribution in [0, 0.1) is 0 Å². The van der Waals surface area contributed by atoms with E-state index in [0.29, 0.717) is 13.0 Å². The molecule has 0 saturated carbocycles. The molecule has 0 spiro atoms. The third kappa shape index (κ3) is 1.59. The third-order valence-corrected chi connectivity index (χ3v) is 3.64. The molecule has 0 aliphatic carbocycles. The van der Waals surface area contributed by atoms with Gasteiger partial charge in [0.2, 0.25) is 0 Å². The van der Waals surface area contributed by atoms with Crippen LogP contribution in [0.3, 0.4) is 0 Å². The summed E-state index contributed by atoms with van der Waals surface area (Å²) in [4.78, 5) is 3.46. The Bertz CT molecular complexity index is 589. The van der Waals surface area contributed by atoms with Gasteiger partial charge < -0.3 is 9.72 Å². The topological polar surface area (TPSA) is 25.0 Å². The van der Waals surface area contributed by atoms with Crippen LogP contribution >= 0.6 is 0 Å². The highest BCUT2D eigenvalue weighted by Gasteiger charge is 2.23. The van der Waals surface area contributed by atoms with Crippen molar-refractivity contribution >= 4 is 10.9 Å². The number of nitrogens with one attached hydrogen (secondary N) is 1. The molecule has 2 heteroatoms. The summed E-state index contributed by atoms with van der Waals surface area (Å²) in [7, 11) is 0. The highest BCUT2D eigenvalue weighted by Crippen LogP contribution is 2.35. The van der Waals surface area contributed by atoms with Crippen LogP contribution in [0.5, 0.6) is 0 Å². The lowest BCUT2D eigenvalue weighted by molar-refractivity contribution is 0.0377. The average molecular weight is 230 g/mol. The first kappa shape index (κ1) is 9.72. The van der Waals surface area contributed by atoms with E-state index in [2.05, 4.69) is 30.1 Å². The zero-order chi connectivity index (χ0) is 12.8. The van der Waals surface area contributed by atoms with E-state index in [1.165, 1.54) is 22.0 Å². The molecule has 90 valence electrons. The van der Waals surface area contributed by atoms with Gasteiger partial charge in [0.1, 0.15) is 0 Å². The van der Waals surface area contributed by atoms with E-state index in [9.17, 15) is 0 Å². The number of H-pyrrole nitrogens is 1. The number of ether oxygens (including phenoxy) is 1. The van der Waals surface area contributed by atoms with E-state index in [4.69, 9.17) is 6.11 Å². The first-order chi connectivity index (χ1) is 8.69. The zero-order valence-corrected chi connectivity index (χ0v) is 10.5. The molecule has 17 heavy (non-hydrogen) atoms. The van der Waals surface area contributed by atoms with Crippen molar-refractivity contribution in [3.63, 3.8) is 0 Å². The lowest BCUT2D eigenvalue weighted by Gasteiger charge is -2.22. The fourth-order valence-corrected chi connectivity index (χ4v) is 2.75. The van der Waals surface area contributed by atoms with Crippen LogP contribution in [0.25, 0.3) is 10.9 Å². The highest BCUT2D eigenvalue weighted by molar-refractivity contribution is 5.87. The number of hydrogen-bond acceptors (Lipinski definition) is 1. The van der Waals surface area contributed by atoms with Crippen LogP contribution in [0.1, 0.15) is 44.5 Å². The SMILES string of the molecule is [2H]C1(CC)OCCc2c1[nH]c1c(CC)cccc21. The second kappa shape index (κ2) is 4.19. The quantitative estimate of drug-likeness (QED) is 0.835. The van der Waals surface area contributed by atoms with Gasteiger partial charge in [-0.1, -0.05) is 32.0 Å². The number of aromatic nitrogens is 1. The van der Waals surface area contributed by atoms with Crippen molar-refractivity contribution in [2.24, 2.45) is 0 Å². The number of fused-ring (bicyclic) bond motifs is 3. The van der Waals surface area contributed by atoms with Gasteiger partial charge in [-0.15, -0.1) is 0 Å². The highest BCUT2D eigenvalue weighted by atomic mass is 16.5. The smallest absolute Gasteiger partial charge is 0.0973 e. The van der Waals surface area contributed by atoms with Crippen LogP contribution in [-0.4, -0.2) is 11.6 Å². The molecule has 0 bridgehead atoms. The summed E-state index contributed by atoms with van der Waals surface area (Å²) in [5.74, 6) is 0. The van der Waals surface area contributed by atoms with Gasteiger partial charge in [0.05, 0.1) is 14.1 Å². The molecule has 2 aromatic rings. The lowest BCUT2D eigenvalue weighted by Crippen LogP contribution is -2.14. The Balaban J connectivity index is 2.30. The summed E-state index contributed by atoms with van der Waals surface area (Å²) in [5.41, 5.74) is 4.76. The van der Waals surface area contributed by atoms with E-state index >= 15 is 0 Å². The standard InChI is InChI=1S/C15H19NO/c1-3-10-6-5-7-11-12-8-9-17-13(4-2)15(12)16-14(10)11/h5-7,13,16H,3-4,8-9H2,1-2H3/i13D. The molecule has 1 atom stereocenters. The number of benzene rings is 1. The summed E-state index contributed by atoms with van der Waals surface area (Å²) < 4.78 is 14.1. The van der Waals surface area contributed by atoms with Crippen molar-refractivity contribution in [3.8, 4) is 0 Å². The summed E-state index contributed by atoms with van der Waals surface area (Å²) in [5, 5.41) is 1.28. The molecule has 0 radical (unpaired) electrons. The maximum Gasteiger partial charge on any atom is 0.0973 e. The Morgan fingerprint density at radius 2 is 2.35 bits per heavy atom. The first-order valence-corrected chi connectivity index (χ1v) is 6.46. The molecular weight excluding hydrogens is 210 g/mol. The van der Waals surface area contributed by atoms with E-state index in [1.54, 1.807) is 0 Å². The van der Waals surface area contributed by atoms with Crippen LogP contribution in [0.15, 0.2) is 18.2 Å². The Morgan fingerprint density at radius 3 is 3.12 bits per heavy atom. The molecule has 0 amide bonds. The second-order valence-corrected chi connectivity index (χ2v) is 4.55.